The predicted octanol–water partition coefficient (Wildman–Crippen LogP) is 7.79. The van der Waals surface area contributed by atoms with Gasteiger partial charge in [-0.25, -0.2) is 0 Å². The fraction of sp³-hybridized carbons (Fsp3) is 0.455. The van der Waals surface area contributed by atoms with Crippen molar-refractivity contribution in [3.63, 3.8) is 0 Å². The van der Waals surface area contributed by atoms with Crippen molar-refractivity contribution in [1.29, 1.82) is 0 Å². The maximum absolute atomic E-state index is 14.8. The molecule has 11 heteroatoms. The Balaban J connectivity index is 2.50. The summed E-state index contributed by atoms with van der Waals surface area (Å²) in [6.45, 7) is 10.4. The van der Waals surface area contributed by atoms with Crippen LogP contribution in [0.2, 0.25) is 0 Å². The van der Waals surface area contributed by atoms with Gasteiger partial charge < -0.3 is 0 Å². The first-order valence-corrected chi connectivity index (χ1v) is 12.8. The van der Waals surface area contributed by atoms with Crippen LogP contribution in [-0.4, -0.2) is 19.4 Å². The Bertz CT molecular complexity index is 1140. The van der Waals surface area contributed by atoms with Crippen molar-refractivity contribution in [3.8, 4) is 11.1 Å². The van der Waals surface area contributed by atoms with E-state index in [-0.39, 0.29) is 11.1 Å². The zero-order valence-corrected chi connectivity index (χ0v) is 20.4. The fourth-order valence-corrected chi connectivity index (χ4v) is 8.13. The smallest absolute Gasteiger partial charge is 0.196 e. The molecule has 0 amide bonds. The molecule has 3 rings (SSSR count). The predicted molar refractivity (Wildman–Crippen MR) is 116 cm³/mol. The van der Waals surface area contributed by atoms with Crippen molar-refractivity contribution >= 4 is 20.4 Å². The number of alkyl halides is 6. The van der Waals surface area contributed by atoms with E-state index in [2.05, 4.69) is 3.63 Å². The maximum atomic E-state index is 14.8. The van der Waals surface area contributed by atoms with Gasteiger partial charge in [-0.3, -0.25) is 0 Å². The zero-order chi connectivity index (χ0) is 25.4. The normalized spacial score (nSPS) is 17.5. The molecule has 0 saturated carbocycles. The molecule has 3 nitrogen and oxygen atoms in total. The van der Waals surface area contributed by atoms with E-state index in [4.69, 9.17) is 0 Å². The molecule has 1 heterocycles. The molecule has 33 heavy (non-hydrogen) atoms. The summed E-state index contributed by atoms with van der Waals surface area (Å²) < 4.78 is 113. The second-order valence-electron chi connectivity index (χ2n) is 9.89. The summed E-state index contributed by atoms with van der Waals surface area (Å²) in [7, 11) is -11.7. The summed E-state index contributed by atoms with van der Waals surface area (Å²) in [5.41, 5.74) is -12.0. The Morgan fingerprint density at radius 2 is 1.06 bits per heavy atom. The zero-order valence-electron chi connectivity index (χ0n) is 18.8. The molecule has 1 aliphatic rings. The average Bonchev–Trinajstić information content (AvgIpc) is 2.89. The SMILES string of the molecule is CC(C)(C)c1ccc2c(c1)S(OS(=O)(=O)C(F)(F)F)(C(F)(F)F)c1cc(C(C)(C)C)ccc1-2. The van der Waals surface area contributed by atoms with Crippen molar-refractivity contribution in [1.82, 2.24) is 0 Å². The minimum absolute atomic E-state index is 0.00292. The summed E-state index contributed by atoms with van der Waals surface area (Å²) in [5.74, 6) is 0. The van der Waals surface area contributed by atoms with Crippen LogP contribution in [0.15, 0.2) is 46.2 Å². The minimum atomic E-state index is -6.59. The van der Waals surface area contributed by atoms with Crippen LogP contribution in [0.5, 0.6) is 0 Å². The summed E-state index contributed by atoms with van der Waals surface area (Å²) in [6.07, 6.45) is 0. The molecule has 0 unspecified atom stereocenters. The van der Waals surface area contributed by atoms with Crippen molar-refractivity contribution < 1.29 is 38.4 Å². The fourth-order valence-electron chi connectivity index (χ4n) is 3.55. The molecule has 2 aromatic rings. The largest absolute Gasteiger partial charge is 0.523 e. The molecule has 0 bridgehead atoms. The third kappa shape index (κ3) is 4.16. The Labute approximate surface area is 190 Å². The number of rotatable bonds is 2. The standard InChI is InChI=1S/C22H24F6O3S2/c1-19(2,3)13-7-9-15-16-10-8-14(20(4,5)6)12-18(16)32(17(15)11-13,21(23,24)25)31-33(29,30)22(26,27)28/h7-12H,1-6H3. The maximum Gasteiger partial charge on any atom is 0.523 e. The quantitative estimate of drug-likeness (QED) is 0.304. The molecule has 0 fully saturated rings. The van der Waals surface area contributed by atoms with Crippen molar-refractivity contribution in [2.75, 3.05) is 0 Å². The van der Waals surface area contributed by atoms with Crippen LogP contribution in [0, 0.1) is 0 Å². The first kappa shape index (κ1) is 25.9. The van der Waals surface area contributed by atoms with Crippen LogP contribution >= 0.6 is 10.3 Å². The number of hydrogen-bond acceptors (Lipinski definition) is 3. The molecule has 0 aromatic heterocycles. The lowest BCUT2D eigenvalue weighted by molar-refractivity contribution is -0.0550. The van der Waals surface area contributed by atoms with Gasteiger partial charge in [0.1, 0.15) is 0 Å². The molecule has 1 aliphatic heterocycles. The molecular weight excluding hydrogens is 490 g/mol. The van der Waals surface area contributed by atoms with E-state index in [0.29, 0.717) is 11.1 Å². The van der Waals surface area contributed by atoms with Crippen molar-refractivity contribution in [2.24, 2.45) is 0 Å². The molecule has 2 aromatic carbocycles. The molecule has 0 atom stereocenters. The van der Waals surface area contributed by atoms with E-state index < -0.39 is 52.1 Å². The van der Waals surface area contributed by atoms with Gasteiger partial charge in [0.15, 0.2) is 0 Å². The Hall–Kier alpha value is -1.72. The average molecular weight is 515 g/mol. The Morgan fingerprint density at radius 1 is 0.697 bits per heavy atom. The van der Waals surface area contributed by atoms with Gasteiger partial charge >= 0.3 is 21.1 Å². The second-order valence-corrected chi connectivity index (χ2v) is 14.3. The lowest BCUT2D eigenvalue weighted by atomic mass is 9.85. The van der Waals surface area contributed by atoms with E-state index in [9.17, 15) is 34.8 Å². The van der Waals surface area contributed by atoms with Crippen LogP contribution < -0.4 is 0 Å². The van der Waals surface area contributed by atoms with Gasteiger partial charge in [0, 0.05) is 20.1 Å². The van der Waals surface area contributed by atoms with Gasteiger partial charge in [-0.2, -0.15) is 38.4 Å². The number of benzene rings is 2. The minimum Gasteiger partial charge on any atom is -0.196 e. The number of halogens is 6. The highest BCUT2D eigenvalue weighted by molar-refractivity contribution is 8.34. The van der Waals surface area contributed by atoms with Crippen molar-refractivity contribution in [3.05, 3.63) is 47.5 Å². The van der Waals surface area contributed by atoms with Crippen LogP contribution in [0.1, 0.15) is 52.7 Å². The highest BCUT2D eigenvalue weighted by Crippen LogP contribution is 2.81. The molecule has 0 spiro atoms. The van der Waals surface area contributed by atoms with Crippen LogP contribution in [-0.2, 0) is 24.6 Å². The van der Waals surface area contributed by atoms with E-state index >= 15 is 0 Å². The topological polar surface area (TPSA) is 43.4 Å². The van der Waals surface area contributed by atoms with Gasteiger partial charge in [0.05, 0.1) is 0 Å². The molecule has 0 saturated heterocycles. The second kappa shape index (κ2) is 7.39. The van der Waals surface area contributed by atoms with Gasteiger partial charge in [0.2, 0.25) is 0 Å². The summed E-state index contributed by atoms with van der Waals surface area (Å²) in [6, 6.07) is 8.20. The lowest BCUT2D eigenvalue weighted by Crippen LogP contribution is -2.32. The number of hydrogen-bond donors (Lipinski definition) is 0. The highest BCUT2D eigenvalue weighted by Gasteiger charge is 2.64. The first-order valence-electron chi connectivity index (χ1n) is 9.84. The molecule has 0 aliphatic carbocycles. The van der Waals surface area contributed by atoms with Gasteiger partial charge in [-0.05, 0) is 45.2 Å². The van der Waals surface area contributed by atoms with Gasteiger partial charge in [0.25, 0.3) is 0 Å². The summed E-state index contributed by atoms with van der Waals surface area (Å²) >= 11 is 0. The summed E-state index contributed by atoms with van der Waals surface area (Å²) in [5, 5.41) is 0. The summed E-state index contributed by atoms with van der Waals surface area (Å²) in [4.78, 5) is -1.20. The van der Waals surface area contributed by atoms with Gasteiger partial charge in [-0.1, -0.05) is 65.8 Å². The third-order valence-corrected chi connectivity index (χ3v) is 10.1. The van der Waals surface area contributed by atoms with E-state index in [1.165, 1.54) is 12.1 Å². The van der Waals surface area contributed by atoms with Crippen LogP contribution in [0.4, 0.5) is 26.3 Å². The lowest BCUT2D eigenvalue weighted by Gasteiger charge is -2.38. The molecular formula is C22H24F6O3S2. The Kier molecular flexibility index (Phi) is 5.80. The van der Waals surface area contributed by atoms with Crippen LogP contribution in [0.3, 0.4) is 0 Å². The van der Waals surface area contributed by atoms with E-state index in [1.807, 2.05) is 0 Å². The molecule has 0 radical (unpaired) electrons. The first-order chi connectivity index (χ1) is 14.6. The van der Waals surface area contributed by atoms with Crippen LogP contribution in [0.25, 0.3) is 11.1 Å². The monoisotopic (exact) mass is 514 g/mol. The van der Waals surface area contributed by atoms with Gasteiger partial charge in [-0.15, -0.1) is 0 Å². The molecule has 184 valence electrons. The Morgan fingerprint density at radius 3 is 1.33 bits per heavy atom. The highest BCUT2D eigenvalue weighted by atomic mass is 32.3. The number of fused-ring (bicyclic) bond motifs is 3. The molecule has 0 N–H and O–H groups in total. The van der Waals surface area contributed by atoms with Crippen molar-refractivity contribution in [2.45, 2.75) is 73.2 Å². The van der Waals surface area contributed by atoms with E-state index in [0.717, 1.165) is 12.1 Å². The third-order valence-electron chi connectivity index (χ3n) is 5.41. The van der Waals surface area contributed by atoms with E-state index in [1.54, 1.807) is 53.7 Å².